The lowest BCUT2D eigenvalue weighted by atomic mass is 9.97. The number of likely N-dealkylation sites (tertiary alicyclic amines) is 1. The molecule has 1 saturated heterocycles. The topological polar surface area (TPSA) is 44.9 Å². The smallest absolute Gasteiger partial charge is 0.193 e. The van der Waals surface area contributed by atoms with E-state index in [9.17, 15) is 0 Å². The number of aliphatic imine (C=N–C) groups is 1. The van der Waals surface area contributed by atoms with Crippen LogP contribution in [0.4, 0.5) is 0 Å². The number of rotatable bonds is 6. The van der Waals surface area contributed by atoms with Crippen LogP contribution < -0.4 is 5.32 Å². The van der Waals surface area contributed by atoms with Gasteiger partial charge in [-0.1, -0.05) is 19.9 Å². The van der Waals surface area contributed by atoms with E-state index in [2.05, 4.69) is 46.6 Å². The first kappa shape index (κ1) is 21.0. The third-order valence-electron chi connectivity index (χ3n) is 4.77. The first-order valence-corrected chi connectivity index (χ1v) is 9.61. The summed E-state index contributed by atoms with van der Waals surface area (Å²) in [5.74, 6) is 2.65. The van der Waals surface area contributed by atoms with Crippen molar-refractivity contribution in [2.24, 2.45) is 16.8 Å². The minimum Gasteiger partial charge on any atom is -0.357 e. The molecule has 0 aromatic carbocycles. The van der Waals surface area contributed by atoms with Crippen LogP contribution in [0.3, 0.4) is 0 Å². The summed E-state index contributed by atoms with van der Waals surface area (Å²) in [5, 5.41) is 3.46. The maximum absolute atomic E-state index is 4.86. The quantitative estimate of drug-likeness (QED) is 0.398. The van der Waals surface area contributed by atoms with Crippen molar-refractivity contribution in [2.45, 2.75) is 40.0 Å². The molecule has 1 unspecified atom stereocenters. The van der Waals surface area contributed by atoms with Crippen LogP contribution in [-0.4, -0.2) is 46.4 Å². The summed E-state index contributed by atoms with van der Waals surface area (Å²) in [6.07, 6.45) is 7.62. The molecule has 144 valence electrons. The van der Waals surface area contributed by atoms with Crippen molar-refractivity contribution in [2.75, 3.05) is 26.2 Å². The summed E-state index contributed by atoms with van der Waals surface area (Å²) >= 11 is 0. The van der Waals surface area contributed by atoms with Crippen molar-refractivity contribution in [3.05, 3.63) is 36.3 Å². The fourth-order valence-corrected chi connectivity index (χ4v) is 3.69. The monoisotopic (exact) mass is 469 g/mol. The molecule has 5 nitrogen and oxygen atoms in total. The molecular weight excluding hydrogens is 437 g/mol. The highest BCUT2D eigenvalue weighted by Crippen LogP contribution is 2.23. The minimum absolute atomic E-state index is 0. The van der Waals surface area contributed by atoms with Gasteiger partial charge in [0.05, 0.1) is 5.69 Å². The van der Waals surface area contributed by atoms with Gasteiger partial charge in [0.1, 0.15) is 5.65 Å². The van der Waals surface area contributed by atoms with E-state index in [1.807, 2.05) is 24.4 Å². The van der Waals surface area contributed by atoms with Gasteiger partial charge in [0.15, 0.2) is 5.96 Å². The predicted octanol–water partition coefficient (Wildman–Crippen LogP) is 3.83. The molecule has 3 rings (SSSR count). The van der Waals surface area contributed by atoms with Gasteiger partial charge in [-0.2, -0.15) is 0 Å². The summed E-state index contributed by atoms with van der Waals surface area (Å²) < 4.78 is 2.07. The van der Waals surface area contributed by atoms with Crippen LogP contribution >= 0.6 is 24.0 Å². The summed E-state index contributed by atoms with van der Waals surface area (Å²) in [6.45, 7) is 10.7. The highest BCUT2D eigenvalue weighted by Gasteiger charge is 2.25. The van der Waals surface area contributed by atoms with Gasteiger partial charge in [-0.05, 0) is 43.7 Å². The van der Waals surface area contributed by atoms with Crippen LogP contribution in [-0.2, 0) is 6.42 Å². The lowest BCUT2D eigenvalue weighted by Crippen LogP contribution is -2.40. The molecule has 0 saturated carbocycles. The number of fused-ring (bicyclic) bond motifs is 1. The number of pyridine rings is 1. The molecule has 3 heterocycles. The molecule has 0 aliphatic carbocycles. The molecule has 0 bridgehead atoms. The Morgan fingerprint density at radius 2 is 2.23 bits per heavy atom. The van der Waals surface area contributed by atoms with Crippen molar-refractivity contribution < 1.29 is 0 Å². The zero-order valence-electron chi connectivity index (χ0n) is 16.2. The van der Waals surface area contributed by atoms with Gasteiger partial charge in [0.2, 0.25) is 0 Å². The molecule has 1 N–H and O–H groups in total. The molecule has 1 fully saturated rings. The lowest BCUT2D eigenvalue weighted by Gasteiger charge is -2.22. The molecule has 0 spiro atoms. The third kappa shape index (κ3) is 5.59. The number of nitrogens with one attached hydrogen (secondary N) is 1. The standard InChI is InChI=1S/C20H31N5.HI/c1-4-21-20(25-12-9-17(14-25)13-16(2)3)22-10-8-18-15-24-11-6-5-7-19(24)23-18;/h5-7,11,15-17H,4,8-10,12-14H2,1-3H3,(H,21,22);1H. The van der Waals surface area contributed by atoms with Gasteiger partial charge >= 0.3 is 0 Å². The number of guanidine groups is 1. The zero-order chi connectivity index (χ0) is 17.6. The van der Waals surface area contributed by atoms with Crippen LogP contribution in [0, 0.1) is 11.8 Å². The highest BCUT2D eigenvalue weighted by molar-refractivity contribution is 14.0. The Morgan fingerprint density at radius 3 is 2.96 bits per heavy atom. The largest absolute Gasteiger partial charge is 0.357 e. The van der Waals surface area contributed by atoms with Crippen molar-refractivity contribution in [1.29, 1.82) is 0 Å². The van der Waals surface area contributed by atoms with Gasteiger partial charge in [-0.3, -0.25) is 4.99 Å². The molecule has 6 heteroatoms. The van der Waals surface area contributed by atoms with E-state index in [0.29, 0.717) is 0 Å². The number of imidazole rings is 1. The Kier molecular flexibility index (Phi) is 8.18. The second kappa shape index (κ2) is 10.1. The fraction of sp³-hybridized carbons (Fsp3) is 0.600. The Balaban J connectivity index is 0.00000243. The van der Waals surface area contributed by atoms with E-state index in [4.69, 9.17) is 4.99 Å². The summed E-state index contributed by atoms with van der Waals surface area (Å²) in [4.78, 5) is 11.9. The maximum atomic E-state index is 4.86. The summed E-state index contributed by atoms with van der Waals surface area (Å²) in [6, 6.07) is 6.09. The highest BCUT2D eigenvalue weighted by atomic mass is 127. The Morgan fingerprint density at radius 1 is 1.38 bits per heavy atom. The second-order valence-electron chi connectivity index (χ2n) is 7.41. The maximum Gasteiger partial charge on any atom is 0.193 e. The van der Waals surface area contributed by atoms with Crippen LogP contribution in [0.5, 0.6) is 0 Å². The van der Waals surface area contributed by atoms with E-state index in [0.717, 1.165) is 61.7 Å². The third-order valence-corrected chi connectivity index (χ3v) is 4.77. The Hall–Kier alpha value is -1.31. The van der Waals surface area contributed by atoms with E-state index < -0.39 is 0 Å². The van der Waals surface area contributed by atoms with E-state index in [-0.39, 0.29) is 24.0 Å². The number of hydrogen-bond acceptors (Lipinski definition) is 2. The zero-order valence-corrected chi connectivity index (χ0v) is 18.5. The number of halogens is 1. The Labute approximate surface area is 174 Å². The average Bonchev–Trinajstić information content (AvgIpc) is 3.19. The van der Waals surface area contributed by atoms with Crippen molar-refractivity contribution in [1.82, 2.24) is 19.6 Å². The van der Waals surface area contributed by atoms with Crippen molar-refractivity contribution in [3.8, 4) is 0 Å². The normalized spacial score (nSPS) is 17.8. The van der Waals surface area contributed by atoms with E-state index in [1.165, 1.54) is 12.8 Å². The summed E-state index contributed by atoms with van der Waals surface area (Å²) in [7, 11) is 0. The molecule has 2 aromatic heterocycles. The minimum atomic E-state index is 0. The number of hydrogen-bond donors (Lipinski definition) is 1. The van der Waals surface area contributed by atoms with E-state index in [1.54, 1.807) is 0 Å². The Bertz CT molecular complexity index is 676. The number of nitrogens with zero attached hydrogens (tertiary/aromatic N) is 4. The first-order chi connectivity index (χ1) is 12.2. The second-order valence-corrected chi connectivity index (χ2v) is 7.41. The molecule has 26 heavy (non-hydrogen) atoms. The van der Waals surface area contributed by atoms with Gasteiger partial charge in [0, 0.05) is 45.0 Å². The number of aromatic nitrogens is 2. The molecule has 2 aromatic rings. The van der Waals surface area contributed by atoms with Gasteiger partial charge < -0.3 is 14.6 Å². The van der Waals surface area contributed by atoms with Crippen molar-refractivity contribution >= 4 is 35.6 Å². The van der Waals surface area contributed by atoms with Crippen LogP contribution in [0.2, 0.25) is 0 Å². The molecule has 0 radical (unpaired) electrons. The fourth-order valence-electron chi connectivity index (χ4n) is 3.69. The lowest BCUT2D eigenvalue weighted by molar-refractivity contribution is 0.403. The predicted molar refractivity (Wildman–Crippen MR) is 119 cm³/mol. The molecule has 1 aliphatic heterocycles. The molecule has 1 aliphatic rings. The molecular formula is C20H32IN5. The molecule has 0 amide bonds. The average molecular weight is 469 g/mol. The van der Waals surface area contributed by atoms with E-state index >= 15 is 0 Å². The summed E-state index contributed by atoms with van der Waals surface area (Å²) in [5.41, 5.74) is 2.11. The van der Waals surface area contributed by atoms with Gasteiger partial charge in [-0.15, -0.1) is 24.0 Å². The van der Waals surface area contributed by atoms with Crippen LogP contribution in [0.1, 0.15) is 39.3 Å². The van der Waals surface area contributed by atoms with Gasteiger partial charge in [-0.25, -0.2) is 4.98 Å². The molecule has 1 atom stereocenters. The van der Waals surface area contributed by atoms with Crippen LogP contribution in [0.15, 0.2) is 35.6 Å². The van der Waals surface area contributed by atoms with Crippen LogP contribution in [0.25, 0.3) is 5.65 Å². The van der Waals surface area contributed by atoms with Gasteiger partial charge in [0.25, 0.3) is 0 Å². The first-order valence-electron chi connectivity index (χ1n) is 9.61. The SMILES string of the molecule is CCNC(=NCCc1cn2ccccc2n1)N1CCC(CC(C)C)C1.I. The van der Waals surface area contributed by atoms with Crippen molar-refractivity contribution in [3.63, 3.8) is 0 Å².